The maximum absolute atomic E-state index is 13.7. The molecule has 34 heavy (non-hydrogen) atoms. The Hall–Kier alpha value is -2.57. The van der Waals surface area contributed by atoms with Crippen molar-refractivity contribution in [1.82, 2.24) is 15.5 Å². The molecule has 0 aliphatic heterocycles. The molecule has 0 radical (unpaired) electrons. The van der Waals surface area contributed by atoms with Crippen LogP contribution in [0.3, 0.4) is 0 Å². The summed E-state index contributed by atoms with van der Waals surface area (Å²) in [5.41, 5.74) is 2.15. The summed E-state index contributed by atoms with van der Waals surface area (Å²) in [5, 5.41) is 5.91. The van der Waals surface area contributed by atoms with E-state index in [0.29, 0.717) is 0 Å². The van der Waals surface area contributed by atoms with Gasteiger partial charge in [0.15, 0.2) is 0 Å². The van der Waals surface area contributed by atoms with E-state index in [1.165, 1.54) is 11.3 Å². The zero-order chi connectivity index (χ0) is 25.6. The third kappa shape index (κ3) is 7.74. The number of hydrogen-bond acceptors (Lipinski definition) is 4. The minimum absolute atomic E-state index is 0.124. The van der Waals surface area contributed by atoms with Crippen LogP contribution in [-0.2, 0) is 14.3 Å². The number of nitrogens with one attached hydrogen (secondary N) is 2. The lowest BCUT2D eigenvalue weighted by atomic mass is 9.93. The Kier molecular flexibility index (Phi) is 9.54. The van der Waals surface area contributed by atoms with E-state index in [2.05, 4.69) is 10.6 Å². The molecule has 0 bridgehead atoms. The van der Waals surface area contributed by atoms with E-state index >= 15 is 0 Å². The van der Waals surface area contributed by atoms with Gasteiger partial charge in [-0.15, -0.1) is 0 Å². The van der Waals surface area contributed by atoms with E-state index in [4.69, 9.17) is 4.74 Å². The number of carbonyl (C=O) groups is 3. The van der Waals surface area contributed by atoms with E-state index in [9.17, 15) is 14.4 Å². The van der Waals surface area contributed by atoms with Gasteiger partial charge in [0.25, 0.3) is 0 Å². The van der Waals surface area contributed by atoms with Crippen LogP contribution in [0.5, 0.6) is 0 Å². The van der Waals surface area contributed by atoms with Crippen molar-refractivity contribution < 1.29 is 19.1 Å². The average Bonchev–Trinajstić information content (AvgIpc) is 2.72. The monoisotopic (exact) mass is 473 g/mol. The molecule has 7 nitrogen and oxygen atoms in total. The molecule has 3 amide bonds. The van der Waals surface area contributed by atoms with Gasteiger partial charge < -0.3 is 20.3 Å². The van der Waals surface area contributed by atoms with E-state index in [1.807, 2.05) is 45.9 Å². The quantitative estimate of drug-likeness (QED) is 0.595. The van der Waals surface area contributed by atoms with Crippen LogP contribution in [0.15, 0.2) is 18.2 Å². The standard InChI is InChI=1S/C27H43N3O4/c1-17(2)22(29-26(33)34-27(5,6)7)25(32)30(8)23(21-15-14-18(3)16-19(21)4)24(31)28-20-12-10-9-11-13-20/h14-17,20,22-23H,9-13H2,1-8H3,(H,28,31)(H,29,33). The van der Waals surface area contributed by atoms with Gasteiger partial charge in [0.05, 0.1) is 0 Å². The molecular weight excluding hydrogens is 430 g/mol. The van der Waals surface area contributed by atoms with Crippen molar-refractivity contribution in [1.29, 1.82) is 0 Å². The fraction of sp³-hybridized carbons (Fsp3) is 0.667. The first-order valence-electron chi connectivity index (χ1n) is 12.4. The van der Waals surface area contributed by atoms with E-state index in [-0.39, 0.29) is 23.8 Å². The molecule has 190 valence electrons. The molecule has 1 aliphatic carbocycles. The summed E-state index contributed by atoms with van der Waals surface area (Å²) >= 11 is 0. The Bertz CT molecular complexity index is 869. The van der Waals surface area contributed by atoms with Crippen molar-refractivity contribution >= 4 is 17.9 Å². The van der Waals surface area contributed by atoms with Crippen molar-refractivity contribution in [2.45, 2.75) is 104 Å². The van der Waals surface area contributed by atoms with Gasteiger partial charge in [0.2, 0.25) is 11.8 Å². The smallest absolute Gasteiger partial charge is 0.408 e. The fourth-order valence-corrected chi connectivity index (χ4v) is 4.48. The molecule has 2 rings (SSSR count). The van der Waals surface area contributed by atoms with Gasteiger partial charge in [0.1, 0.15) is 17.7 Å². The Labute approximate surface area is 205 Å². The molecule has 2 atom stereocenters. The van der Waals surface area contributed by atoms with Gasteiger partial charge in [0, 0.05) is 13.1 Å². The largest absolute Gasteiger partial charge is 0.444 e. The number of aryl methyl sites for hydroxylation is 2. The molecule has 7 heteroatoms. The Balaban J connectivity index is 2.33. The molecule has 1 aliphatic rings. The first-order chi connectivity index (χ1) is 15.8. The van der Waals surface area contributed by atoms with Crippen LogP contribution >= 0.6 is 0 Å². The topological polar surface area (TPSA) is 87.7 Å². The van der Waals surface area contributed by atoms with Crippen LogP contribution in [0.2, 0.25) is 0 Å². The molecule has 1 aromatic carbocycles. The van der Waals surface area contributed by atoms with Crippen LogP contribution in [0.25, 0.3) is 0 Å². The molecular formula is C27H43N3O4. The SMILES string of the molecule is Cc1ccc(C(C(=O)NC2CCCCC2)N(C)C(=O)C(NC(=O)OC(C)(C)C)C(C)C)c(C)c1. The lowest BCUT2D eigenvalue weighted by molar-refractivity contribution is -0.142. The first kappa shape index (κ1) is 27.7. The maximum Gasteiger partial charge on any atom is 0.408 e. The Morgan fingerprint density at radius 2 is 1.68 bits per heavy atom. The van der Waals surface area contributed by atoms with E-state index < -0.39 is 23.8 Å². The highest BCUT2D eigenvalue weighted by molar-refractivity contribution is 5.92. The summed E-state index contributed by atoms with van der Waals surface area (Å²) < 4.78 is 5.37. The maximum atomic E-state index is 13.7. The minimum atomic E-state index is -0.824. The van der Waals surface area contributed by atoms with Gasteiger partial charge >= 0.3 is 6.09 Å². The minimum Gasteiger partial charge on any atom is -0.444 e. The van der Waals surface area contributed by atoms with Crippen molar-refractivity contribution in [3.8, 4) is 0 Å². The van der Waals surface area contributed by atoms with Crippen LogP contribution < -0.4 is 10.6 Å². The molecule has 1 aromatic rings. The van der Waals surface area contributed by atoms with Crippen molar-refractivity contribution in [2.75, 3.05) is 7.05 Å². The van der Waals surface area contributed by atoms with Crippen LogP contribution in [0, 0.1) is 19.8 Å². The zero-order valence-corrected chi connectivity index (χ0v) is 22.2. The fourth-order valence-electron chi connectivity index (χ4n) is 4.48. The highest BCUT2D eigenvalue weighted by Gasteiger charge is 2.36. The second-order valence-corrected chi connectivity index (χ2v) is 10.9. The highest BCUT2D eigenvalue weighted by Crippen LogP contribution is 2.27. The van der Waals surface area contributed by atoms with Gasteiger partial charge in [-0.1, -0.05) is 56.9 Å². The van der Waals surface area contributed by atoms with E-state index in [1.54, 1.807) is 27.8 Å². The molecule has 2 unspecified atom stereocenters. The molecule has 2 N–H and O–H groups in total. The van der Waals surface area contributed by atoms with Gasteiger partial charge in [-0.25, -0.2) is 4.79 Å². The molecule has 1 saturated carbocycles. The number of benzene rings is 1. The number of hydrogen-bond donors (Lipinski definition) is 2. The number of nitrogens with zero attached hydrogens (tertiary/aromatic N) is 1. The number of carbonyl (C=O) groups excluding carboxylic acids is 3. The average molecular weight is 474 g/mol. The van der Waals surface area contributed by atoms with Crippen LogP contribution in [0.4, 0.5) is 4.79 Å². The Morgan fingerprint density at radius 1 is 1.06 bits per heavy atom. The van der Waals surface area contributed by atoms with Crippen molar-refractivity contribution in [3.63, 3.8) is 0 Å². The molecule has 0 saturated heterocycles. The number of rotatable bonds is 7. The van der Waals surface area contributed by atoms with E-state index in [0.717, 1.165) is 42.4 Å². The van der Waals surface area contributed by atoms with Crippen molar-refractivity contribution in [3.05, 3.63) is 34.9 Å². The second kappa shape index (κ2) is 11.7. The molecule has 1 fully saturated rings. The van der Waals surface area contributed by atoms with Crippen LogP contribution in [0.1, 0.15) is 89.5 Å². The number of amides is 3. The van der Waals surface area contributed by atoms with Crippen molar-refractivity contribution in [2.24, 2.45) is 5.92 Å². The first-order valence-corrected chi connectivity index (χ1v) is 12.4. The van der Waals surface area contributed by atoms with Gasteiger partial charge in [-0.05, 0) is 64.5 Å². The lowest BCUT2D eigenvalue weighted by Gasteiger charge is -2.34. The number of ether oxygens (including phenoxy) is 1. The third-order valence-corrected chi connectivity index (χ3v) is 6.26. The predicted octanol–water partition coefficient (Wildman–Crippen LogP) is 4.80. The summed E-state index contributed by atoms with van der Waals surface area (Å²) in [6, 6.07) is 4.41. The zero-order valence-electron chi connectivity index (χ0n) is 22.2. The summed E-state index contributed by atoms with van der Waals surface area (Å²) in [6.07, 6.45) is 4.65. The molecule has 0 heterocycles. The number of alkyl carbamates (subject to hydrolysis) is 1. The summed E-state index contributed by atoms with van der Waals surface area (Å²) in [4.78, 5) is 41.1. The Morgan fingerprint density at radius 3 is 2.21 bits per heavy atom. The third-order valence-electron chi connectivity index (χ3n) is 6.26. The predicted molar refractivity (Wildman–Crippen MR) is 134 cm³/mol. The summed E-state index contributed by atoms with van der Waals surface area (Å²) in [6.45, 7) is 13.0. The summed E-state index contributed by atoms with van der Waals surface area (Å²) in [7, 11) is 1.64. The van der Waals surface area contributed by atoms with Gasteiger partial charge in [-0.3, -0.25) is 9.59 Å². The normalized spacial score (nSPS) is 16.5. The van der Waals surface area contributed by atoms with Crippen LogP contribution in [-0.4, -0.2) is 47.5 Å². The molecule has 0 aromatic heterocycles. The summed E-state index contributed by atoms with van der Waals surface area (Å²) in [5.74, 6) is -0.706. The second-order valence-electron chi connectivity index (χ2n) is 10.9. The van der Waals surface area contributed by atoms with Gasteiger partial charge in [-0.2, -0.15) is 0 Å². The highest BCUT2D eigenvalue weighted by atomic mass is 16.6. The lowest BCUT2D eigenvalue weighted by Crippen LogP contribution is -2.54. The molecule has 0 spiro atoms. The number of likely N-dealkylation sites (N-methyl/N-ethyl adjacent to an activating group) is 1.